The van der Waals surface area contributed by atoms with E-state index >= 15 is 0 Å². The molecular weight excluding hydrogens is 807 g/mol. The SMILES string of the molecule is COC(=O)C1(NC(=O)OC(C)(C)C)CCN(C(=O)[C@@H](CCCCNC(=O)OC(C)(C)C)NC(=O)[C@H](CC(=O)[C@@H](Cc2ccccc2)NC(=O)[C@H](C)Cc2ccccc2)CC2CC2)C1. The second kappa shape index (κ2) is 22.8. The summed E-state index contributed by atoms with van der Waals surface area (Å²) in [5.41, 5.74) is -1.26. The van der Waals surface area contributed by atoms with Crippen LogP contribution in [0, 0.1) is 17.8 Å². The summed E-state index contributed by atoms with van der Waals surface area (Å²) in [7, 11) is 1.20. The number of rotatable bonds is 21. The van der Waals surface area contributed by atoms with Crippen LogP contribution in [0.2, 0.25) is 0 Å². The lowest BCUT2D eigenvalue weighted by atomic mass is 9.89. The minimum Gasteiger partial charge on any atom is -0.467 e. The zero-order valence-electron chi connectivity index (χ0n) is 38.4. The molecule has 0 bridgehead atoms. The number of hydrogen-bond donors (Lipinski definition) is 4. The van der Waals surface area contributed by atoms with Gasteiger partial charge in [0.2, 0.25) is 17.7 Å². The van der Waals surface area contributed by atoms with Crippen LogP contribution in [0.15, 0.2) is 60.7 Å². The maximum absolute atomic E-state index is 14.4. The number of carbonyl (C=O) groups is 7. The van der Waals surface area contributed by atoms with Crippen LogP contribution in [-0.2, 0) is 51.0 Å². The predicted octanol–water partition coefficient (Wildman–Crippen LogP) is 5.82. The average Bonchev–Trinajstić information content (AvgIpc) is 3.93. The van der Waals surface area contributed by atoms with Gasteiger partial charge in [0.15, 0.2) is 11.3 Å². The molecule has 5 atom stereocenters. The summed E-state index contributed by atoms with van der Waals surface area (Å²) >= 11 is 0. The summed E-state index contributed by atoms with van der Waals surface area (Å²) in [5, 5.41) is 11.3. The van der Waals surface area contributed by atoms with Crippen LogP contribution in [-0.4, -0.2) is 102 Å². The highest BCUT2D eigenvalue weighted by Gasteiger charge is 2.50. The number of carbonyl (C=O) groups excluding carboxylic acids is 7. The van der Waals surface area contributed by atoms with Gasteiger partial charge < -0.3 is 40.4 Å². The average molecular weight is 876 g/mol. The van der Waals surface area contributed by atoms with Crippen molar-refractivity contribution >= 4 is 41.7 Å². The Labute approximate surface area is 372 Å². The number of unbranched alkanes of at least 4 members (excludes halogenated alkanes) is 1. The molecule has 1 heterocycles. The predicted molar refractivity (Wildman–Crippen MR) is 237 cm³/mol. The number of likely N-dealkylation sites (tertiary alicyclic amines) is 1. The number of Topliss-reactive ketones (excluding diaryl/α,β-unsaturated/α-hetero) is 1. The van der Waals surface area contributed by atoms with E-state index in [1.165, 1.54) is 12.0 Å². The van der Waals surface area contributed by atoms with Crippen LogP contribution in [0.5, 0.6) is 0 Å². The quantitative estimate of drug-likeness (QED) is 0.0674. The third-order valence-corrected chi connectivity index (χ3v) is 11.1. The molecule has 1 aliphatic carbocycles. The van der Waals surface area contributed by atoms with E-state index in [9.17, 15) is 33.6 Å². The van der Waals surface area contributed by atoms with Crippen LogP contribution >= 0.6 is 0 Å². The molecule has 4 rings (SSSR count). The van der Waals surface area contributed by atoms with Crippen LogP contribution in [0.1, 0.15) is 111 Å². The van der Waals surface area contributed by atoms with Crippen molar-refractivity contribution in [2.45, 2.75) is 141 Å². The molecule has 2 aliphatic rings. The molecule has 2 fully saturated rings. The Hall–Kier alpha value is -5.47. The Morgan fingerprint density at radius 2 is 1.33 bits per heavy atom. The number of ether oxygens (including phenoxy) is 3. The molecule has 15 heteroatoms. The van der Waals surface area contributed by atoms with E-state index in [2.05, 4.69) is 21.3 Å². The Balaban J connectivity index is 1.53. The van der Waals surface area contributed by atoms with Gasteiger partial charge in [-0.25, -0.2) is 14.4 Å². The Kier molecular flexibility index (Phi) is 18.1. The molecule has 15 nitrogen and oxygen atoms in total. The number of nitrogens with one attached hydrogen (secondary N) is 4. The van der Waals surface area contributed by atoms with Gasteiger partial charge >= 0.3 is 18.2 Å². The molecule has 0 radical (unpaired) electrons. The van der Waals surface area contributed by atoms with Gasteiger partial charge in [0.1, 0.15) is 17.2 Å². The van der Waals surface area contributed by atoms with Gasteiger partial charge in [-0.05, 0) is 97.1 Å². The first kappa shape index (κ1) is 50.2. The molecule has 1 aliphatic heterocycles. The first-order chi connectivity index (χ1) is 29.7. The summed E-state index contributed by atoms with van der Waals surface area (Å²) in [6.07, 6.45) is 2.53. The molecule has 346 valence electrons. The van der Waals surface area contributed by atoms with Crippen molar-refractivity contribution in [3.05, 3.63) is 71.8 Å². The van der Waals surface area contributed by atoms with Crippen molar-refractivity contribution in [2.24, 2.45) is 17.8 Å². The van der Waals surface area contributed by atoms with Crippen LogP contribution in [0.4, 0.5) is 9.59 Å². The van der Waals surface area contributed by atoms with Gasteiger partial charge in [-0.1, -0.05) is 80.4 Å². The Morgan fingerprint density at radius 3 is 1.90 bits per heavy atom. The van der Waals surface area contributed by atoms with Gasteiger partial charge in [0.25, 0.3) is 0 Å². The Bertz CT molecular complexity index is 1870. The van der Waals surface area contributed by atoms with Crippen molar-refractivity contribution < 1.29 is 47.8 Å². The van der Waals surface area contributed by atoms with Crippen LogP contribution < -0.4 is 21.3 Å². The molecule has 0 aromatic heterocycles. The molecule has 5 amide bonds. The lowest BCUT2D eigenvalue weighted by molar-refractivity contribution is -0.148. The van der Waals surface area contributed by atoms with Gasteiger partial charge in [0, 0.05) is 37.8 Å². The first-order valence-electron chi connectivity index (χ1n) is 22.2. The monoisotopic (exact) mass is 876 g/mol. The van der Waals surface area contributed by atoms with Crippen molar-refractivity contribution in [3.8, 4) is 0 Å². The fourth-order valence-corrected chi connectivity index (χ4v) is 7.65. The van der Waals surface area contributed by atoms with E-state index in [0.29, 0.717) is 25.7 Å². The molecule has 4 N–H and O–H groups in total. The van der Waals surface area contributed by atoms with E-state index < -0.39 is 70.6 Å². The molecule has 2 aromatic carbocycles. The van der Waals surface area contributed by atoms with E-state index in [1.54, 1.807) is 41.5 Å². The maximum atomic E-state index is 14.4. The summed E-state index contributed by atoms with van der Waals surface area (Å²) < 4.78 is 15.8. The minimum absolute atomic E-state index is 0.0441. The second-order valence-electron chi connectivity index (χ2n) is 19.1. The fraction of sp³-hybridized carbons (Fsp3) is 0.604. The van der Waals surface area contributed by atoms with Crippen molar-refractivity contribution in [1.29, 1.82) is 0 Å². The number of esters is 1. The van der Waals surface area contributed by atoms with E-state index in [0.717, 1.165) is 24.0 Å². The van der Waals surface area contributed by atoms with E-state index in [1.807, 2.05) is 67.6 Å². The number of methoxy groups -OCH3 is 1. The first-order valence-corrected chi connectivity index (χ1v) is 22.2. The number of amides is 5. The van der Waals surface area contributed by atoms with Gasteiger partial charge in [-0.3, -0.25) is 19.2 Å². The largest absolute Gasteiger partial charge is 0.467 e. The number of nitrogens with zero attached hydrogens (tertiary/aromatic N) is 1. The highest BCUT2D eigenvalue weighted by molar-refractivity contribution is 5.95. The molecule has 1 saturated heterocycles. The lowest BCUT2D eigenvalue weighted by Crippen LogP contribution is -2.59. The van der Waals surface area contributed by atoms with Gasteiger partial charge in [-0.2, -0.15) is 0 Å². The third-order valence-electron chi connectivity index (χ3n) is 11.1. The standard InChI is InChI=1S/C48H69N5O10/c1-32(27-33-17-11-9-12-18-33)40(55)51-38(29-34-19-13-10-14-20-34)39(54)30-36(28-35-22-23-35)41(56)50-37(21-15-16-25-49-44(59)62-46(2,3)4)42(57)53-26-24-48(31-53,43(58)61-8)52-45(60)63-47(5,6)7/h9-14,17-20,32,35-38H,15-16,21-31H2,1-8H3,(H,49,59)(H,50,56)(H,51,55)(H,52,60)/t32-,36+,37-,38-,48?/m1/s1. The van der Waals surface area contributed by atoms with Gasteiger partial charge in [0.05, 0.1) is 19.7 Å². The summed E-state index contributed by atoms with van der Waals surface area (Å²) in [4.78, 5) is 96.6. The van der Waals surface area contributed by atoms with Gasteiger partial charge in [-0.15, -0.1) is 0 Å². The fourth-order valence-electron chi connectivity index (χ4n) is 7.65. The number of benzene rings is 2. The molecule has 63 heavy (non-hydrogen) atoms. The van der Waals surface area contributed by atoms with Crippen LogP contribution in [0.3, 0.4) is 0 Å². The summed E-state index contributed by atoms with van der Waals surface area (Å²) in [6.45, 7) is 12.3. The smallest absolute Gasteiger partial charge is 0.408 e. The summed E-state index contributed by atoms with van der Waals surface area (Å²) in [5.74, 6) is -3.19. The van der Waals surface area contributed by atoms with Crippen molar-refractivity contribution in [2.75, 3.05) is 26.7 Å². The van der Waals surface area contributed by atoms with E-state index in [-0.39, 0.29) is 62.9 Å². The maximum Gasteiger partial charge on any atom is 0.408 e. The third kappa shape index (κ3) is 17.0. The highest BCUT2D eigenvalue weighted by atomic mass is 16.6. The molecule has 0 spiro atoms. The lowest BCUT2D eigenvalue weighted by Gasteiger charge is -2.30. The number of ketones is 1. The second-order valence-corrected chi connectivity index (χ2v) is 19.1. The van der Waals surface area contributed by atoms with E-state index in [4.69, 9.17) is 14.2 Å². The van der Waals surface area contributed by atoms with Crippen molar-refractivity contribution in [1.82, 2.24) is 26.2 Å². The topological polar surface area (TPSA) is 199 Å². The van der Waals surface area contributed by atoms with Crippen molar-refractivity contribution in [3.63, 3.8) is 0 Å². The molecule has 1 unspecified atom stereocenters. The summed E-state index contributed by atoms with van der Waals surface area (Å²) in [6, 6.07) is 17.1. The molecule has 2 aromatic rings. The van der Waals surface area contributed by atoms with Crippen LogP contribution in [0.25, 0.3) is 0 Å². The Morgan fingerprint density at radius 1 is 0.762 bits per heavy atom. The molecular formula is C48H69N5O10. The zero-order chi connectivity index (χ0) is 46.4. The normalized spacial score (nSPS) is 18.2. The number of alkyl carbamates (subject to hydrolysis) is 2. The molecule has 1 saturated carbocycles. The number of hydrogen-bond acceptors (Lipinski definition) is 10. The minimum atomic E-state index is -1.59. The zero-order valence-corrected chi connectivity index (χ0v) is 38.4. The highest BCUT2D eigenvalue weighted by Crippen LogP contribution is 2.37.